The summed E-state index contributed by atoms with van der Waals surface area (Å²) in [6.45, 7) is 1.74. The van der Waals surface area contributed by atoms with Gasteiger partial charge in [-0.25, -0.2) is 0 Å². The molecule has 5 nitrogen and oxygen atoms in total. The maximum absolute atomic E-state index is 11.9. The van der Waals surface area contributed by atoms with E-state index in [0.717, 1.165) is 32.0 Å². The Morgan fingerprint density at radius 3 is 2.88 bits per heavy atom. The molecule has 1 aliphatic heterocycles. The number of hydrogen-bond acceptors (Lipinski definition) is 4. The Balaban J connectivity index is 2.03. The molecule has 1 amide bonds. The van der Waals surface area contributed by atoms with E-state index in [-0.39, 0.29) is 29.0 Å². The van der Waals surface area contributed by atoms with Gasteiger partial charge in [0.15, 0.2) is 0 Å². The van der Waals surface area contributed by atoms with Gasteiger partial charge in [-0.3, -0.25) is 4.79 Å². The highest BCUT2D eigenvalue weighted by molar-refractivity contribution is 5.97. The van der Waals surface area contributed by atoms with E-state index in [1.54, 1.807) is 0 Å². The van der Waals surface area contributed by atoms with Crippen molar-refractivity contribution in [2.75, 3.05) is 13.1 Å². The summed E-state index contributed by atoms with van der Waals surface area (Å²) in [5.74, 6) is -0.569. The van der Waals surface area contributed by atoms with Crippen molar-refractivity contribution < 1.29 is 15.0 Å². The molecule has 0 unspecified atom stereocenters. The quantitative estimate of drug-likeness (QED) is 0.605. The zero-order valence-electron chi connectivity index (χ0n) is 9.44. The number of benzene rings is 1. The molecule has 0 aromatic heterocycles. The van der Waals surface area contributed by atoms with Crippen molar-refractivity contribution in [2.24, 2.45) is 0 Å². The Morgan fingerprint density at radius 1 is 1.41 bits per heavy atom. The van der Waals surface area contributed by atoms with Crippen molar-refractivity contribution in [1.29, 1.82) is 0 Å². The monoisotopic (exact) mass is 236 g/mol. The smallest absolute Gasteiger partial charge is 0.255 e. The van der Waals surface area contributed by atoms with E-state index in [4.69, 9.17) is 5.11 Å². The van der Waals surface area contributed by atoms with Gasteiger partial charge in [-0.05, 0) is 31.5 Å². The Hall–Kier alpha value is -1.75. The van der Waals surface area contributed by atoms with Gasteiger partial charge in [0.2, 0.25) is 0 Å². The van der Waals surface area contributed by atoms with Crippen molar-refractivity contribution in [1.82, 2.24) is 10.6 Å². The molecule has 5 heteroatoms. The minimum atomic E-state index is -0.309. The molecule has 0 radical (unpaired) electrons. The van der Waals surface area contributed by atoms with Crippen LogP contribution in [0.2, 0.25) is 0 Å². The number of phenolic OH excluding ortho intramolecular Hbond substituents is 2. The first-order chi connectivity index (χ1) is 8.16. The van der Waals surface area contributed by atoms with Gasteiger partial charge < -0.3 is 20.8 Å². The largest absolute Gasteiger partial charge is 0.508 e. The lowest BCUT2D eigenvalue weighted by molar-refractivity contribution is 0.0928. The average molecular weight is 236 g/mol. The second kappa shape index (κ2) is 5.05. The first kappa shape index (κ1) is 11.7. The van der Waals surface area contributed by atoms with Gasteiger partial charge in [-0.15, -0.1) is 0 Å². The molecule has 17 heavy (non-hydrogen) atoms. The van der Waals surface area contributed by atoms with E-state index in [0.29, 0.717) is 0 Å². The zero-order valence-corrected chi connectivity index (χ0v) is 9.44. The predicted molar refractivity (Wildman–Crippen MR) is 63.1 cm³/mol. The van der Waals surface area contributed by atoms with Crippen LogP contribution in [0.25, 0.3) is 0 Å². The molecule has 1 heterocycles. The fourth-order valence-electron chi connectivity index (χ4n) is 1.95. The second-order valence-corrected chi connectivity index (χ2v) is 4.22. The van der Waals surface area contributed by atoms with Crippen LogP contribution in [0.4, 0.5) is 0 Å². The summed E-state index contributed by atoms with van der Waals surface area (Å²) < 4.78 is 0. The summed E-state index contributed by atoms with van der Waals surface area (Å²) in [7, 11) is 0. The molecule has 0 saturated carbocycles. The van der Waals surface area contributed by atoms with Crippen LogP contribution >= 0.6 is 0 Å². The third kappa shape index (κ3) is 2.88. The number of hydrogen-bond donors (Lipinski definition) is 4. The highest BCUT2D eigenvalue weighted by Crippen LogP contribution is 2.22. The predicted octanol–water partition coefficient (Wildman–Crippen LogP) is 0.580. The van der Waals surface area contributed by atoms with E-state index < -0.39 is 0 Å². The summed E-state index contributed by atoms with van der Waals surface area (Å²) in [5.41, 5.74) is 0.188. The van der Waals surface area contributed by atoms with Crippen LogP contribution in [-0.2, 0) is 0 Å². The molecular weight excluding hydrogens is 220 g/mol. The van der Waals surface area contributed by atoms with Gasteiger partial charge in [0, 0.05) is 18.7 Å². The molecule has 1 fully saturated rings. The molecule has 1 aromatic carbocycles. The van der Waals surface area contributed by atoms with Gasteiger partial charge in [-0.1, -0.05) is 0 Å². The van der Waals surface area contributed by atoms with E-state index >= 15 is 0 Å². The van der Waals surface area contributed by atoms with Crippen LogP contribution in [0.5, 0.6) is 11.5 Å². The SMILES string of the molecule is O=C(N[C@H]1CCCNC1)c1ccc(O)cc1O. The van der Waals surface area contributed by atoms with Crippen molar-refractivity contribution in [3.63, 3.8) is 0 Å². The fraction of sp³-hybridized carbons (Fsp3) is 0.417. The lowest BCUT2D eigenvalue weighted by Crippen LogP contribution is -2.45. The van der Waals surface area contributed by atoms with Crippen LogP contribution in [0, 0.1) is 0 Å². The summed E-state index contributed by atoms with van der Waals surface area (Å²) in [4.78, 5) is 11.9. The molecule has 0 aliphatic carbocycles. The average Bonchev–Trinajstić information content (AvgIpc) is 2.30. The standard InChI is InChI=1S/C12H16N2O3/c15-9-3-4-10(11(16)6-9)12(17)14-8-2-1-5-13-7-8/h3-4,6,8,13,15-16H,1-2,5,7H2,(H,14,17)/t8-/m0/s1. The summed E-state index contributed by atoms with van der Waals surface area (Å²) >= 11 is 0. The van der Waals surface area contributed by atoms with Crippen molar-refractivity contribution >= 4 is 5.91 Å². The third-order valence-electron chi connectivity index (χ3n) is 2.86. The molecule has 1 aliphatic rings. The second-order valence-electron chi connectivity index (χ2n) is 4.22. The van der Waals surface area contributed by atoms with Crippen LogP contribution in [0.15, 0.2) is 18.2 Å². The number of piperidine rings is 1. The maximum atomic E-state index is 11.9. The molecular formula is C12H16N2O3. The van der Waals surface area contributed by atoms with Crippen LogP contribution < -0.4 is 10.6 Å². The number of nitrogens with one attached hydrogen (secondary N) is 2. The first-order valence-corrected chi connectivity index (χ1v) is 5.70. The number of carbonyl (C=O) groups excluding carboxylic acids is 1. The lowest BCUT2D eigenvalue weighted by Gasteiger charge is -2.23. The minimum absolute atomic E-state index is 0.0571. The topological polar surface area (TPSA) is 81.6 Å². The first-order valence-electron chi connectivity index (χ1n) is 5.70. The minimum Gasteiger partial charge on any atom is -0.508 e. The highest BCUT2D eigenvalue weighted by Gasteiger charge is 2.18. The number of carbonyl (C=O) groups is 1. The molecule has 1 saturated heterocycles. The number of aromatic hydroxyl groups is 2. The van der Waals surface area contributed by atoms with Crippen LogP contribution in [0.3, 0.4) is 0 Å². The van der Waals surface area contributed by atoms with E-state index in [1.807, 2.05) is 0 Å². The Kier molecular flexibility index (Phi) is 3.49. The molecule has 92 valence electrons. The van der Waals surface area contributed by atoms with Crippen LogP contribution in [0.1, 0.15) is 23.2 Å². The molecule has 1 aromatic rings. The van der Waals surface area contributed by atoms with E-state index in [9.17, 15) is 9.90 Å². The highest BCUT2D eigenvalue weighted by atomic mass is 16.3. The number of amides is 1. The van der Waals surface area contributed by atoms with Crippen LogP contribution in [-0.4, -0.2) is 35.3 Å². The van der Waals surface area contributed by atoms with Crippen molar-refractivity contribution in [2.45, 2.75) is 18.9 Å². The fourth-order valence-corrected chi connectivity index (χ4v) is 1.95. The summed E-state index contributed by atoms with van der Waals surface area (Å²) in [6.07, 6.45) is 1.98. The normalized spacial score (nSPS) is 19.9. The van der Waals surface area contributed by atoms with E-state index in [1.165, 1.54) is 12.1 Å². The summed E-state index contributed by atoms with van der Waals surface area (Å²) in [6, 6.07) is 4.06. The van der Waals surface area contributed by atoms with Gasteiger partial charge in [0.1, 0.15) is 11.5 Å². The molecule has 0 bridgehead atoms. The molecule has 4 N–H and O–H groups in total. The van der Waals surface area contributed by atoms with E-state index in [2.05, 4.69) is 10.6 Å². The molecule has 0 spiro atoms. The van der Waals surface area contributed by atoms with Gasteiger partial charge in [-0.2, -0.15) is 0 Å². The van der Waals surface area contributed by atoms with Crippen molar-refractivity contribution in [3.05, 3.63) is 23.8 Å². The number of phenols is 2. The molecule has 2 rings (SSSR count). The summed E-state index contributed by atoms with van der Waals surface area (Å²) in [5, 5.41) is 24.7. The molecule has 1 atom stereocenters. The van der Waals surface area contributed by atoms with Crippen molar-refractivity contribution in [3.8, 4) is 11.5 Å². The number of rotatable bonds is 2. The Labute approximate surface area is 99.5 Å². The Morgan fingerprint density at radius 2 is 2.24 bits per heavy atom. The van der Waals surface area contributed by atoms with Gasteiger partial charge >= 0.3 is 0 Å². The lowest BCUT2D eigenvalue weighted by atomic mass is 10.1. The third-order valence-corrected chi connectivity index (χ3v) is 2.86. The zero-order chi connectivity index (χ0) is 12.3. The Bertz CT molecular complexity index is 414. The van der Waals surface area contributed by atoms with Gasteiger partial charge in [0.25, 0.3) is 5.91 Å². The van der Waals surface area contributed by atoms with Gasteiger partial charge in [0.05, 0.1) is 5.56 Å². The maximum Gasteiger partial charge on any atom is 0.255 e.